The minimum atomic E-state index is -0.250. The van der Waals surface area contributed by atoms with E-state index in [1.807, 2.05) is 17.0 Å². The summed E-state index contributed by atoms with van der Waals surface area (Å²) >= 11 is 13.9. The lowest BCUT2D eigenvalue weighted by Crippen LogP contribution is -2.43. The van der Waals surface area contributed by atoms with Crippen molar-refractivity contribution >= 4 is 63.2 Å². The molecule has 0 bridgehead atoms. The average molecular weight is 467 g/mol. The number of benzene rings is 1. The first kappa shape index (κ1) is 20.6. The standard InChI is InChI=1S/C19H19ClN4O2S3/c1-11-4-2-3-9-23(11)14(25)10-28-18-21-16-15(17(26)22-18)29-19(27)24(16)13-7-5-12(20)6-8-13/h5-8,11H,2-4,9-10H2,1H3,(H,21,22,26)/t11-/m1/s1. The van der Waals surface area contributed by atoms with E-state index in [1.165, 1.54) is 23.1 Å². The molecule has 1 saturated heterocycles. The Kier molecular flexibility index (Phi) is 6.10. The number of thiazole rings is 1. The molecule has 0 unspecified atom stereocenters. The van der Waals surface area contributed by atoms with E-state index >= 15 is 0 Å². The second kappa shape index (κ2) is 8.59. The summed E-state index contributed by atoms with van der Waals surface area (Å²) in [6.45, 7) is 2.88. The average Bonchev–Trinajstić information content (AvgIpc) is 3.04. The Morgan fingerprint density at radius 1 is 1.38 bits per heavy atom. The van der Waals surface area contributed by atoms with Gasteiger partial charge in [0, 0.05) is 23.3 Å². The monoisotopic (exact) mass is 466 g/mol. The van der Waals surface area contributed by atoms with Crippen LogP contribution in [0.25, 0.3) is 16.0 Å². The zero-order valence-corrected chi connectivity index (χ0v) is 18.9. The summed E-state index contributed by atoms with van der Waals surface area (Å²) in [5, 5.41) is 1.03. The Morgan fingerprint density at radius 2 is 2.14 bits per heavy atom. The van der Waals surface area contributed by atoms with Gasteiger partial charge in [-0.3, -0.25) is 14.2 Å². The van der Waals surface area contributed by atoms with E-state index in [2.05, 4.69) is 16.9 Å². The lowest BCUT2D eigenvalue weighted by molar-refractivity contribution is -0.131. The summed E-state index contributed by atoms with van der Waals surface area (Å²) in [7, 11) is 0. The molecule has 1 atom stereocenters. The number of carbonyl (C=O) groups excluding carboxylic acids is 1. The van der Waals surface area contributed by atoms with E-state index in [9.17, 15) is 9.59 Å². The van der Waals surface area contributed by atoms with Crippen molar-refractivity contribution in [3.8, 4) is 5.69 Å². The quantitative estimate of drug-likeness (QED) is 0.344. The molecule has 29 heavy (non-hydrogen) atoms. The van der Waals surface area contributed by atoms with Crippen LogP contribution in [0.2, 0.25) is 5.02 Å². The summed E-state index contributed by atoms with van der Waals surface area (Å²) in [5.41, 5.74) is 1.03. The molecular weight excluding hydrogens is 448 g/mol. The number of nitrogens with zero attached hydrogens (tertiary/aromatic N) is 3. The van der Waals surface area contributed by atoms with Gasteiger partial charge in [0.05, 0.1) is 5.75 Å². The number of likely N-dealkylation sites (tertiary alicyclic amines) is 1. The molecule has 0 spiro atoms. The predicted octanol–water partition coefficient (Wildman–Crippen LogP) is 4.65. The van der Waals surface area contributed by atoms with Crippen LogP contribution in [-0.2, 0) is 4.79 Å². The van der Waals surface area contributed by atoms with Gasteiger partial charge in [-0.15, -0.1) is 0 Å². The summed E-state index contributed by atoms with van der Waals surface area (Å²) in [4.78, 5) is 34.5. The highest BCUT2D eigenvalue weighted by Crippen LogP contribution is 2.26. The molecule has 152 valence electrons. The fraction of sp³-hybridized carbons (Fsp3) is 0.368. The maximum absolute atomic E-state index is 12.6. The molecule has 1 aromatic carbocycles. The summed E-state index contributed by atoms with van der Waals surface area (Å²) < 4.78 is 2.76. The van der Waals surface area contributed by atoms with Gasteiger partial charge in [0.15, 0.2) is 14.8 Å². The molecule has 1 fully saturated rings. The molecule has 2 aromatic heterocycles. The third-order valence-electron chi connectivity index (χ3n) is 4.96. The minimum Gasteiger partial charge on any atom is -0.339 e. The lowest BCUT2D eigenvalue weighted by atomic mass is 10.0. The van der Waals surface area contributed by atoms with E-state index in [0.717, 1.165) is 31.5 Å². The van der Waals surface area contributed by atoms with Crippen LogP contribution in [0.5, 0.6) is 0 Å². The Bertz CT molecular complexity index is 1170. The summed E-state index contributed by atoms with van der Waals surface area (Å²) in [5.74, 6) is 0.315. The number of H-pyrrole nitrogens is 1. The third-order valence-corrected chi connectivity index (χ3v) is 7.43. The Hall–Kier alpha value is -1.68. The van der Waals surface area contributed by atoms with Crippen molar-refractivity contribution in [3.63, 3.8) is 0 Å². The van der Waals surface area contributed by atoms with E-state index in [4.69, 9.17) is 23.8 Å². The zero-order valence-electron chi connectivity index (χ0n) is 15.7. The number of piperidine rings is 1. The molecule has 0 aliphatic carbocycles. The summed E-state index contributed by atoms with van der Waals surface area (Å²) in [6, 6.07) is 7.47. The number of thioether (sulfide) groups is 1. The highest BCUT2D eigenvalue weighted by Gasteiger charge is 2.23. The normalized spacial score (nSPS) is 17.0. The molecule has 4 rings (SSSR count). The van der Waals surface area contributed by atoms with Crippen LogP contribution in [0.15, 0.2) is 34.2 Å². The Balaban J connectivity index is 1.63. The van der Waals surface area contributed by atoms with Gasteiger partial charge in [-0.05, 0) is 62.7 Å². The second-order valence-corrected chi connectivity index (χ2v) is 9.97. The number of fused-ring (bicyclic) bond motifs is 1. The van der Waals surface area contributed by atoms with Gasteiger partial charge in [-0.25, -0.2) is 4.98 Å². The minimum absolute atomic E-state index is 0.0739. The van der Waals surface area contributed by atoms with Gasteiger partial charge in [0.1, 0.15) is 4.70 Å². The lowest BCUT2D eigenvalue weighted by Gasteiger charge is -2.33. The third kappa shape index (κ3) is 4.28. The zero-order chi connectivity index (χ0) is 20.5. The first-order valence-corrected chi connectivity index (χ1v) is 11.9. The molecule has 1 N–H and O–H groups in total. The molecule has 6 nitrogen and oxygen atoms in total. The van der Waals surface area contributed by atoms with E-state index in [1.54, 1.807) is 16.7 Å². The van der Waals surface area contributed by atoms with E-state index < -0.39 is 0 Å². The Morgan fingerprint density at radius 3 is 2.86 bits per heavy atom. The number of hydrogen-bond acceptors (Lipinski definition) is 6. The van der Waals surface area contributed by atoms with Crippen LogP contribution in [0, 0.1) is 3.95 Å². The number of aromatic amines is 1. The number of amides is 1. The number of hydrogen-bond donors (Lipinski definition) is 1. The van der Waals surface area contributed by atoms with Crippen molar-refractivity contribution in [3.05, 3.63) is 43.6 Å². The molecule has 0 saturated carbocycles. The van der Waals surface area contributed by atoms with Crippen molar-refractivity contribution in [2.45, 2.75) is 37.4 Å². The van der Waals surface area contributed by atoms with Gasteiger partial charge in [0.2, 0.25) is 5.91 Å². The van der Waals surface area contributed by atoms with Crippen LogP contribution in [0.4, 0.5) is 0 Å². The topological polar surface area (TPSA) is 71.0 Å². The fourth-order valence-corrected chi connectivity index (χ4v) is 5.60. The van der Waals surface area contributed by atoms with Crippen molar-refractivity contribution in [2.75, 3.05) is 12.3 Å². The molecule has 1 aliphatic rings. The van der Waals surface area contributed by atoms with Gasteiger partial charge in [-0.2, -0.15) is 0 Å². The molecule has 1 aliphatic heterocycles. The van der Waals surface area contributed by atoms with Crippen molar-refractivity contribution in [1.29, 1.82) is 0 Å². The highest BCUT2D eigenvalue weighted by atomic mass is 35.5. The molecular formula is C19H19ClN4O2S3. The van der Waals surface area contributed by atoms with Crippen LogP contribution in [0.3, 0.4) is 0 Å². The summed E-state index contributed by atoms with van der Waals surface area (Å²) in [6.07, 6.45) is 3.24. The predicted molar refractivity (Wildman–Crippen MR) is 121 cm³/mol. The number of carbonyl (C=O) groups is 1. The van der Waals surface area contributed by atoms with E-state index in [0.29, 0.717) is 24.5 Å². The SMILES string of the molecule is C[C@@H]1CCCCN1C(=O)CSc1nc2c(sc(=S)n2-c2ccc(Cl)cc2)c(=O)[nH]1. The number of halogens is 1. The molecule has 3 aromatic rings. The smallest absolute Gasteiger partial charge is 0.271 e. The fourth-order valence-electron chi connectivity index (χ4n) is 3.46. The Labute approximate surface area is 185 Å². The molecule has 0 radical (unpaired) electrons. The van der Waals surface area contributed by atoms with Gasteiger partial charge in [-0.1, -0.05) is 34.7 Å². The van der Waals surface area contributed by atoms with Crippen molar-refractivity contribution in [1.82, 2.24) is 19.4 Å². The van der Waals surface area contributed by atoms with Crippen LogP contribution in [0.1, 0.15) is 26.2 Å². The maximum atomic E-state index is 12.6. The van der Waals surface area contributed by atoms with Crippen molar-refractivity contribution < 1.29 is 4.79 Å². The van der Waals surface area contributed by atoms with Crippen LogP contribution < -0.4 is 5.56 Å². The largest absolute Gasteiger partial charge is 0.339 e. The molecule has 10 heteroatoms. The van der Waals surface area contributed by atoms with Crippen LogP contribution in [-0.4, -0.2) is 43.7 Å². The first-order chi connectivity index (χ1) is 13.9. The van der Waals surface area contributed by atoms with Gasteiger partial charge in [0.25, 0.3) is 5.56 Å². The maximum Gasteiger partial charge on any atom is 0.271 e. The number of aromatic nitrogens is 3. The number of rotatable bonds is 4. The van der Waals surface area contributed by atoms with Crippen molar-refractivity contribution in [2.24, 2.45) is 0 Å². The van der Waals surface area contributed by atoms with Gasteiger partial charge < -0.3 is 9.88 Å². The van der Waals surface area contributed by atoms with E-state index in [-0.39, 0.29) is 23.3 Å². The van der Waals surface area contributed by atoms with Crippen LogP contribution >= 0.6 is 46.9 Å². The second-order valence-electron chi connectivity index (χ2n) is 6.92. The van der Waals surface area contributed by atoms with Gasteiger partial charge >= 0.3 is 0 Å². The molecule has 1 amide bonds. The number of nitrogens with one attached hydrogen (secondary N) is 1. The highest BCUT2D eigenvalue weighted by molar-refractivity contribution is 7.99. The first-order valence-electron chi connectivity index (χ1n) is 9.28. The molecule has 3 heterocycles.